The number of halogens is 2. The second-order valence-electron chi connectivity index (χ2n) is 6.41. The fraction of sp³-hybridized carbons (Fsp3) is 0.0435. The Kier molecular flexibility index (Phi) is 6.10. The zero-order chi connectivity index (χ0) is 20.8. The van der Waals surface area contributed by atoms with E-state index in [1.165, 1.54) is 23.5 Å². The number of benzene rings is 3. The van der Waals surface area contributed by atoms with Crippen molar-refractivity contribution in [2.24, 2.45) is 5.10 Å². The minimum absolute atomic E-state index is 0.0644. The number of nitrogens with one attached hydrogen (secondary N) is 1. The number of nitrogens with zero attached hydrogens (tertiary/aromatic N) is 2. The molecule has 0 saturated heterocycles. The Hall–Kier alpha value is -3.58. The highest BCUT2D eigenvalue weighted by atomic mass is 32.1. The number of hydrazone groups is 1. The van der Waals surface area contributed by atoms with E-state index in [1.807, 2.05) is 47.8 Å². The number of rotatable bonds is 7. The van der Waals surface area contributed by atoms with Crippen molar-refractivity contribution in [1.29, 1.82) is 0 Å². The standard InChI is InChI=1S/C23H17F2N3OS/c24-19-9-17(10-20(25)12-19)14-29-21-8-4-5-16(11-21)13-26-28-23-27-22(15-30-23)18-6-2-1-3-7-18/h1-13,15H,14H2,(H,27,28). The van der Waals surface area contributed by atoms with Crippen molar-refractivity contribution in [3.8, 4) is 17.0 Å². The molecule has 4 nitrogen and oxygen atoms in total. The number of hydrogen-bond acceptors (Lipinski definition) is 5. The fourth-order valence-electron chi connectivity index (χ4n) is 2.77. The molecule has 0 spiro atoms. The van der Waals surface area contributed by atoms with Crippen LogP contribution in [-0.4, -0.2) is 11.2 Å². The largest absolute Gasteiger partial charge is 0.489 e. The van der Waals surface area contributed by atoms with Gasteiger partial charge in [-0.3, -0.25) is 5.43 Å². The highest BCUT2D eigenvalue weighted by Crippen LogP contribution is 2.24. The van der Waals surface area contributed by atoms with Crippen LogP contribution in [0.4, 0.5) is 13.9 Å². The van der Waals surface area contributed by atoms with Crippen molar-refractivity contribution in [1.82, 2.24) is 4.98 Å². The first kappa shape index (κ1) is 19.7. The molecule has 0 saturated carbocycles. The fourth-order valence-corrected chi connectivity index (χ4v) is 3.44. The summed E-state index contributed by atoms with van der Waals surface area (Å²) in [5.74, 6) is -0.680. The van der Waals surface area contributed by atoms with Crippen molar-refractivity contribution < 1.29 is 13.5 Å². The third-order valence-electron chi connectivity index (χ3n) is 4.13. The van der Waals surface area contributed by atoms with Gasteiger partial charge in [0, 0.05) is 17.0 Å². The molecule has 4 rings (SSSR count). The molecule has 1 N–H and O–H groups in total. The van der Waals surface area contributed by atoms with Crippen LogP contribution in [-0.2, 0) is 6.61 Å². The van der Waals surface area contributed by atoms with Gasteiger partial charge in [0.2, 0.25) is 5.13 Å². The summed E-state index contributed by atoms with van der Waals surface area (Å²) in [6, 6.07) is 20.5. The maximum absolute atomic E-state index is 13.3. The van der Waals surface area contributed by atoms with Gasteiger partial charge in [0.25, 0.3) is 0 Å². The molecule has 0 amide bonds. The number of anilines is 1. The molecule has 4 aromatic rings. The predicted octanol–water partition coefficient (Wildman–Crippen LogP) is 6.11. The topological polar surface area (TPSA) is 46.5 Å². The quantitative estimate of drug-likeness (QED) is 0.289. The van der Waals surface area contributed by atoms with Crippen molar-refractivity contribution in [3.63, 3.8) is 0 Å². The molecule has 0 aliphatic heterocycles. The predicted molar refractivity (Wildman–Crippen MR) is 116 cm³/mol. The summed E-state index contributed by atoms with van der Waals surface area (Å²) >= 11 is 1.47. The summed E-state index contributed by atoms with van der Waals surface area (Å²) in [4.78, 5) is 4.51. The molecule has 0 aliphatic carbocycles. The van der Waals surface area contributed by atoms with Crippen LogP contribution in [0.5, 0.6) is 5.75 Å². The van der Waals surface area contributed by atoms with Crippen molar-refractivity contribution >= 4 is 22.7 Å². The lowest BCUT2D eigenvalue weighted by molar-refractivity contribution is 0.305. The summed E-state index contributed by atoms with van der Waals surface area (Å²) in [6.45, 7) is 0.0644. The lowest BCUT2D eigenvalue weighted by Gasteiger charge is -2.07. The van der Waals surface area contributed by atoms with E-state index in [-0.39, 0.29) is 6.61 Å². The van der Waals surface area contributed by atoms with Gasteiger partial charge in [-0.25, -0.2) is 13.8 Å². The normalized spacial score (nSPS) is 11.0. The first-order valence-corrected chi connectivity index (χ1v) is 10.0. The van der Waals surface area contributed by atoms with Crippen LogP contribution < -0.4 is 10.2 Å². The zero-order valence-electron chi connectivity index (χ0n) is 15.8. The van der Waals surface area contributed by atoms with Gasteiger partial charge in [-0.05, 0) is 35.4 Å². The summed E-state index contributed by atoms with van der Waals surface area (Å²) in [7, 11) is 0. The van der Waals surface area contributed by atoms with Crippen LogP contribution in [0.2, 0.25) is 0 Å². The van der Waals surface area contributed by atoms with Gasteiger partial charge in [0.15, 0.2) is 0 Å². The average Bonchev–Trinajstić information content (AvgIpc) is 3.22. The second-order valence-corrected chi connectivity index (χ2v) is 7.27. The minimum atomic E-state index is -0.627. The molecular weight excluding hydrogens is 404 g/mol. The van der Waals surface area contributed by atoms with E-state index in [0.29, 0.717) is 16.4 Å². The maximum Gasteiger partial charge on any atom is 0.203 e. The number of aromatic nitrogens is 1. The molecule has 0 radical (unpaired) electrons. The molecule has 30 heavy (non-hydrogen) atoms. The molecule has 1 heterocycles. The molecule has 7 heteroatoms. The third kappa shape index (κ3) is 5.27. The minimum Gasteiger partial charge on any atom is -0.489 e. The molecule has 3 aromatic carbocycles. The molecule has 1 aromatic heterocycles. The van der Waals surface area contributed by atoms with E-state index >= 15 is 0 Å². The van der Waals surface area contributed by atoms with Gasteiger partial charge >= 0.3 is 0 Å². The third-order valence-corrected chi connectivity index (χ3v) is 4.88. The lowest BCUT2D eigenvalue weighted by Crippen LogP contribution is -1.98. The van der Waals surface area contributed by atoms with Gasteiger partial charge in [-0.2, -0.15) is 5.10 Å². The van der Waals surface area contributed by atoms with E-state index in [2.05, 4.69) is 15.5 Å². The van der Waals surface area contributed by atoms with E-state index < -0.39 is 11.6 Å². The lowest BCUT2D eigenvalue weighted by atomic mass is 10.2. The van der Waals surface area contributed by atoms with Gasteiger partial charge in [0.05, 0.1) is 11.9 Å². The Bertz CT molecular complexity index is 1140. The first-order valence-electron chi connectivity index (χ1n) is 9.13. The Morgan fingerprint density at radius 2 is 1.77 bits per heavy atom. The Balaban J connectivity index is 1.36. The molecule has 0 atom stereocenters. The van der Waals surface area contributed by atoms with Gasteiger partial charge in [-0.15, -0.1) is 11.3 Å². The van der Waals surface area contributed by atoms with Gasteiger partial charge in [0.1, 0.15) is 24.0 Å². The Morgan fingerprint density at radius 3 is 2.57 bits per heavy atom. The maximum atomic E-state index is 13.3. The summed E-state index contributed by atoms with van der Waals surface area (Å²) in [5, 5.41) is 6.87. The Morgan fingerprint density at radius 1 is 0.967 bits per heavy atom. The van der Waals surface area contributed by atoms with Crippen molar-refractivity contribution in [2.75, 3.05) is 5.43 Å². The molecule has 0 aliphatic rings. The van der Waals surface area contributed by atoms with Crippen LogP contribution in [0, 0.1) is 11.6 Å². The molecule has 0 fully saturated rings. The summed E-state index contributed by atoms with van der Waals surface area (Å²) in [5.41, 5.74) is 6.10. The van der Waals surface area contributed by atoms with Crippen LogP contribution in [0.3, 0.4) is 0 Å². The van der Waals surface area contributed by atoms with E-state index in [4.69, 9.17) is 4.74 Å². The van der Waals surface area contributed by atoms with Crippen molar-refractivity contribution in [3.05, 3.63) is 101 Å². The van der Waals surface area contributed by atoms with Crippen molar-refractivity contribution in [2.45, 2.75) is 6.61 Å². The molecule has 0 unspecified atom stereocenters. The van der Waals surface area contributed by atoms with E-state index in [1.54, 1.807) is 18.3 Å². The van der Waals surface area contributed by atoms with E-state index in [9.17, 15) is 8.78 Å². The Labute approximate surface area is 176 Å². The monoisotopic (exact) mass is 421 g/mol. The second kappa shape index (κ2) is 9.28. The van der Waals surface area contributed by atoms with Crippen LogP contribution in [0.1, 0.15) is 11.1 Å². The zero-order valence-corrected chi connectivity index (χ0v) is 16.6. The van der Waals surface area contributed by atoms with Crippen LogP contribution in [0.15, 0.2) is 83.3 Å². The first-order chi connectivity index (χ1) is 14.7. The van der Waals surface area contributed by atoms with Crippen LogP contribution in [0.25, 0.3) is 11.3 Å². The summed E-state index contributed by atoms with van der Waals surface area (Å²) in [6.07, 6.45) is 1.65. The smallest absolute Gasteiger partial charge is 0.203 e. The van der Waals surface area contributed by atoms with Gasteiger partial charge in [-0.1, -0.05) is 42.5 Å². The number of thiazole rings is 1. The van der Waals surface area contributed by atoms with Crippen LogP contribution >= 0.6 is 11.3 Å². The molecular formula is C23H17F2N3OS. The highest BCUT2D eigenvalue weighted by molar-refractivity contribution is 7.14. The molecule has 0 bridgehead atoms. The number of hydrogen-bond donors (Lipinski definition) is 1. The summed E-state index contributed by atoms with van der Waals surface area (Å²) < 4.78 is 32.2. The van der Waals surface area contributed by atoms with Gasteiger partial charge < -0.3 is 4.74 Å². The average molecular weight is 421 g/mol. The SMILES string of the molecule is Fc1cc(F)cc(COc2cccc(C=NNc3nc(-c4ccccc4)cs3)c2)c1. The highest BCUT2D eigenvalue weighted by Gasteiger charge is 2.04. The number of ether oxygens (including phenoxy) is 1. The van der Waals surface area contributed by atoms with E-state index in [0.717, 1.165) is 22.9 Å². The molecule has 150 valence electrons.